The van der Waals surface area contributed by atoms with Gasteiger partial charge < -0.3 is 26.0 Å². The number of sulfonamides is 1. The lowest BCUT2D eigenvalue weighted by molar-refractivity contribution is -0.145. The number of unbranched alkanes of at least 4 members (excludes halogenated alkanes) is 5. The lowest BCUT2D eigenvalue weighted by Crippen LogP contribution is -2.56. The van der Waals surface area contributed by atoms with E-state index < -0.39 is 56.9 Å². The highest BCUT2D eigenvalue weighted by atomic mass is 32.2. The number of rotatable bonds is 15. The fourth-order valence-electron chi connectivity index (χ4n) is 6.63. The fourth-order valence-corrected chi connectivity index (χ4v) is 8.27. The molecule has 1 aliphatic carbocycles. The van der Waals surface area contributed by atoms with E-state index in [9.17, 15) is 32.7 Å². The second-order valence-electron chi connectivity index (χ2n) is 14.1. The molecule has 0 spiro atoms. The molecule has 1 aromatic rings. The zero-order valence-corrected chi connectivity index (χ0v) is 28.5. The Hall–Kier alpha value is -3.19. The number of hydrogen-bond donors (Lipinski definition) is 4. The van der Waals surface area contributed by atoms with Crippen molar-refractivity contribution in [3.8, 4) is 0 Å². The van der Waals surface area contributed by atoms with Crippen molar-refractivity contribution in [1.29, 1.82) is 0 Å². The number of nitrogens with zero attached hydrogens (tertiary/aromatic N) is 2. The average Bonchev–Trinajstić information content (AvgIpc) is 3.34. The molecule has 4 amide bonds. The van der Waals surface area contributed by atoms with Crippen LogP contribution in [0.1, 0.15) is 97.5 Å². The van der Waals surface area contributed by atoms with Crippen molar-refractivity contribution in [2.75, 3.05) is 19.6 Å². The van der Waals surface area contributed by atoms with Gasteiger partial charge in [-0.3, -0.25) is 9.59 Å². The molecule has 2 aliphatic heterocycles. The van der Waals surface area contributed by atoms with Crippen LogP contribution in [0.3, 0.4) is 0 Å². The van der Waals surface area contributed by atoms with Crippen LogP contribution in [0.5, 0.6) is 0 Å². The Morgan fingerprint density at radius 3 is 2.43 bits per heavy atom. The highest BCUT2D eigenvalue weighted by Gasteiger charge is 2.61. The second kappa shape index (κ2) is 14.7. The average molecular weight is 662 g/mol. The molecule has 4 N–H and O–H groups in total. The van der Waals surface area contributed by atoms with Crippen LogP contribution in [0.25, 0.3) is 0 Å². The number of hydrogen-bond acceptors (Lipinski definition) is 6. The number of aliphatic carboxylic acids is 1. The third-order valence-electron chi connectivity index (χ3n) is 9.69. The molecule has 4 atom stereocenters. The minimum absolute atomic E-state index is 0.0570. The van der Waals surface area contributed by atoms with Gasteiger partial charge in [0.15, 0.2) is 0 Å². The first-order valence-corrected chi connectivity index (χ1v) is 18.1. The SMILES string of the molecule is CCCCCCCCC1C[C@]1(NC(=O)[C@@H]1CCCN1C(=O)CNC(=O)NC(CN1Cc2ccccc2S1(=O)=O)C(C)(C)C)C(=O)O. The lowest BCUT2D eigenvalue weighted by Gasteiger charge is -2.34. The van der Waals surface area contributed by atoms with Crippen molar-refractivity contribution < 1.29 is 32.7 Å². The van der Waals surface area contributed by atoms with Gasteiger partial charge in [-0.15, -0.1) is 0 Å². The summed E-state index contributed by atoms with van der Waals surface area (Å²) < 4.78 is 27.6. The molecule has 2 heterocycles. The first-order chi connectivity index (χ1) is 21.7. The van der Waals surface area contributed by atoms with Crippen LogP contribution in [0, 0.1) is 11.3 Å². The smallest absolute Gasteiger partial charge is 0.329 e. The first-order valence-electron chi connectivity index (χ1n) is 16.7. The van der Waals surface area contributed by atoms with Crippen LogP contribution in [0.2, 0.25) is 0 Å². The van der Waals surface area contributed by atoms with E-state index in [0.717, 1.165) is 25.7 Å². The van der Waals surface area contributed by atoms with Gasteiger partial charge in [-0.2, -0.15) is 4.31 Å². The highest BCUT2D eigenvalue weighted by molar-refractivity contribution is 7.89. The zero-order valence-electron chi connectivity index (χ0n) is 27.6. The Morgan fingerprint density at radius 2 is 1.76 bits per heavy atom. The summed E-state index contributed by atoms with van der Waals surface area (Å²) in [6.07, 6.45) is 8.81. The summed E-state index contributed by atoms with van der Waals surface area (Å²) >= 11 is 0. The maximum atomic E-state index is 13.3. The molecule has 12 nitrogen and oxygen atoms in total. The molecule has 1 saturated heterocycles. The van der Waals surface area contributed by atoms with Gasteiger partial charge in [0.2, 0.25) is 21.8 Å². The van der Waals surface area contributed by atoms with Crippen molar-refractivity contribution in [3.63, 3.8) is 0 Å². The van der Waals surface area contributed by atoms with Gasteiger partial charge >= 0.3 is 12.0 Å². The van der Waals surface area contributed by atoms with Crippen LogP contribution >= 0.6 is 0 Å². The number of carboxylic acid groups (broad SMARTS) is 1. The van der Waals surface area contributed by atoms with Crippen LogP contribution in [-0.2, 0) is 31.0 Å². The van der Waals surface area contributed by atoms with Gasteiger partial charge in [0.25, 0.3) is 0 Å². The summed E-state index contributed by atoms with van der Waals surface area (Å²) in [6, 6.07) is 4.85. The molecule has 2 fully saturated rings. The fraction of sp³-hybridized carbons (Fsp3) is 0.697. The summed E-state index contributed by atoms with van der Waals surface area (Å²) in [4.78, 5) is 53.3. The summed E-state index contributed by atoms with van der Waals surface area (Å²) in [5, 5.41) is 18.2. The molecular weight excluding hydrogens is 610 g/mol. The van der Waals surface area contributed by atoms with Crippen molar-refractivity contribution >= 4 is 33.8 Å². The molecule has 4 rings (SSSR count). The minimum atomic E-state index is -3.69. The minimum Gasteiger partial charge on any atom is -0.479 e. The Balaban J connectivity index is 1.28. The molecular formula is C33H51N5O7S. The molecule has 1 aromatic carbocycles. The standard InChI is InChI=1S/C33H51N5O7S/c1-5-6-7-8-9-10-15-24-19-33(24,30(41)42)36-29(40)25-16-13-18-38(25)28(39)20-34-31(43)35-27(32(2,3)4)22-37-21-23-14-11-12-17-26(23)46(37,44)45/h11-12,14,17,24-25,27H,5-10,13,15-16,18-22H2,1-4H3,(H,36,40)(H,41,42)(H2,34,35,43)/t24?,25-,27?,33+/m0/s1. The molecule has 1 saturated carbocycles. The van der Waals surface area contributed by atoms with E-state index in [1.807, 2.05) is 20.8 Å². The number of benzene rings is 1. The molecule has 256 valence electrons. The Bertz CT molecular complexity index is 1390. The normalized spacial score (nSPS) is 24.2. The number of amides is 4. The Morgan fingerprint density at radius 1 is 1.07 bits per heavy atom. The predicted octanol–water partition coefficient (Wildman–Crippen LogP) is 3.61. The Labute approximate surface area is 273 Å². The summed E-state index contributed by atoms with van der Waals surface area (Å²) in [6.45, 7) is 8.10. The van der Waals surface area contributed by atoms with Crippen molar-refractivity contribution in [2.45, 2.75) is 121 Å². The van der Waals surface area contributed by atoms with Gasteiger partial charge in [-0.1, -0.05) is 84.4 Å². The van der Waals surface area contributed by atoms with E-state index in [1.54, 1.807) is 24.3 Å². The molecule has 3 aliphatic rings. The largest absolute Gasteiger partial charge is 0.479 e. The van der Waals surface area contributed by atoms with Crippen molar-refractivity contribution in [1.82, 2.24) is 25.2 Å². The molecule has 0 bridgehead atoms. The van der Waals surface area contributed by atoms with Crippen LogP contribution < -0.4 is 16.0 Å². The Kier molecular flexibility index (Phi) is 11.4. The lowest BCUT2D eigenvalue weighted by atomic mass is 9.86. The van der Waals surface area contributed by atoms with Crippen molar-refractivity contribution in [2.24, 2.45) is 11.3 Å². The van der Waals surface area contributed by atoms with Crippen LogP contribution in [0.4, 0.5) is 4.79 Å². The maximum absolute atomic E-state index is 13.3. The zero-order chi connectivity index (χ0) is 33.7. The molecule has 13 heteroatoms. The van der Waals surface area contributed by atoms with Gasteiger partial charge in [-0.25, -0.2) is 18.0 Å². The highest BCUT2D eigenvalue weighted by Crippen LogP contribution is 2.47. The number of carbonyl (C=O) groups is 4. The number of carbonyl (C=O) groups excluding carboxylic acids is 3. The molecule has 0 radical (unpaired) electrons. The van der Waals surface area contributed by atoms with Gasteiger partial charge in [0.1, 0.15) is 11.6 Å². The summed E-state index contributed by atoms with van der Waals surface area (Å²) in [7, 11) is -3.69. The van der Waals surface area contributed by atoms with Gasteiger partial charge in [0, 0.05) is 25.7 Å². The maximum Gasteiger partial charge on any atom is 0.329 e. The van der Waals surface area contributed by atoms with E-state index in [4.69, 9.17) is 0 Å². The number of likely N-dealkylation sites (tertiary alicyclic amines) is 1. The third kappa shape index (κ3) is 8.20. The predicted molar refractivity (Wildman–Crippen MR) is 173 cm³/mol. The molecule has 2 unspecified atom stereocenters. The monoisotopic (exact) mass is 661 g/mol. The van der Waals surface area contributed by atoms with Crippen LogP contribution in [0.15, 0.2) is 29.2 Å². The third-order valence-corrected chi connectivity index (χ3v) is 11.6. The quantitative estimate of drug-likeness (QED) is 0.209. The number of nitrogens with one attached hydrogen (secondary N) is 3. The first kappa shape index (κ1) is 35.7. The number of urea groups is 1. The van der Waals surface area contributed by atoms with E-state index in [-0.39, 0.29) is 30.4 Å². The van der Waals surface area contributed by atoms with Gasteiger partial charge in [-0.05, 0) is 48.6 Å². The van der Waals surface area contributed by atoms with E-state index in [2.05, 4.69) is 22.9 Å². The topological polar surface area (TPSA) is 165 Å². The van der Waals surface area contributed by atoms with E-state index in [0.29, 0.717) is 31.4 Å². The molecule has 0 aromatic heterocycles. The number of fused-ring (bicyclic) bond motifs is 1. The summed E-state index contributed by atoms with van der Waals surface area (Å²) in [5.41, 5.74) is -1.07. The van der Waals surface area contributed by atoms with E-state index in [1.165, 1.54) is 28.5 Å². The second-order valence-corrected chi connectivity index (χ2v) is 16.0. The number of carboxylic acids is 1. The van der Waals surface area contributed by atoms with E-state index >= 15 is 0 Å². The van der Waals surface area contributed by atoms with Crippen molar-refractivity contribution in [3.05, 3.63) is 29.8 Å². The van der Waals surface area contributed by atoms with Gasteiger partial charge in [0.05, 0.1) is 11.4 Å². The summed E-state index contributed by atoms with van der Waals surface area (Å²) in [5.74, 6) is -2.06. The van der Waals surface area contributed by atoms with Crippen LogP contribution in [-0.4, -0.2) is 83.8 Å². The molecule has 46 heavy (non-hydrogen) atoms.